The van der Waals surface area contributed by atoms with E-state index in [9.17, 15) is 13.2 Å². The number of hydrogen-bond acceptors (Lipinski definition) is 3. The molecule has 0 aromatic heterocycles. The summed E-state index contributed by atoms with van der Waals surface area (Å²) in [6.07, 6.45) is 3.71. The van der Waals surface area contributed by atoms with Crippen LogP contribution >= 0.6 is 0 Å². The van der Waals surface area contributed by atoms with Crippen molar-refractivity contribution >= 4 is 21.6 Å². The Balaban J connectivity index is 1.67. The third-order valence-electron chi connectivity index (χ3n) is 6.31. The standard InChI is InChI=1S/C24H30N2O3S/c1-17(2)18(3)26(21-13-14-21)24(27)20-9-6-11-22(16-20)30(28,29)25-15-7-10-19-8-4-5-12-23(19)25/h4-6,8-9,11-12,16-18,21H,7,10,13-15H2,1-3H3. The largest absolute Gasteiger partial charge is 0.333 e. The average molecular weight is 427 g/mol. The van der Waals surface area contributed by atoms with E-state index < -0.39 is 10.0 Å². The van der Waals surface area contributed by atoms with E-state index in [-0.39, 0.29) is 22.9 Å². The van der Waals surface area contributed by atoms with Gasteiger partial charge < -0.3 is 4.90 Å². The molecule has 4 rings (SSSR count). The second-order valence-electron chi connectivity index (χ2n) is 8.77. The van der Waals surface area contributed by atoms with Gasteiger partial charge in [-0.3, -0.25) is 9.10 Å². The molecule has 0 radical (unpaired) electrons. The molecule has 2 aromatic rings. The monoisotopic (exact) mass is 426 g/mol. The molecular formula is C24H30N2O3S. The highest BCUT2D eigenvalue weighted by Gasteiger charge is 2.37. The molecule has 1 amide bonds. The topological polar surface area (TPSA) is 57.7 Å². The maximum Gasteiger partial charge on any atom is 0.264 e. The van der Waals surface area contributed by atoms with E-state index in [1.807, 2.05) is 29.2 Å². The van der Waals surface area contributed by atoms with Crippen molar-refractivity contribution in [1.29, 1.82) is 0 Å². The Morgan fingerprint density at radius 2 is 1.80 bits per heavy atom. The number of para-hydroxylation sites is 1. The van der Waals surface area contributed by atoms with Crippen molar-refractivity contribution < 1.29 is 13.2 Å². The maximum absolute atomic E-state index is 13.5. The van der Waals surface area contributed by atoms with Crippen LogP contribution < -0.4 is 4.31 Å². The first-order valence-corrected chi connectivity index (χ1v) is 12.3. The van der Waals surface area contributed by atoms with E-state index in [2.05, 4.69) is 20.8 Å². The van der Waals surface area contributed by atoms with Crippen molar-refractivity contribution in [2.24, 2.45) is 5.92 Å². The molecule has 0 N–H and O–H groups in total. The fraction of sp³-hybridized carbons (Fsp3) is 0.458. The fourth-order valence-corrected chi connectivity index (χ4v) is 5.76. The molecule has 1 atom stereocenters. The molecule has 1 heterocycles. The van der Waals surface area contributed by atoms with Crippen LogP contribution in [0.15, 0.2) is 53.4 Å². The van der Waals surface area contributed by atoms with Crippen LogP contribution in [0.25, 0.3) is 0 Å². The zero-order chi connectivity index (χ0) is 21.5. The lowest BCUT2D eigenvalue weighted by molar-refractivity contribution is 0.0627. The molecule has 0 bridgehead atoms. The Labute approximate surface area is 179 Å². The van der Waals surface area contributed by atoms with Crippen LogP contribution in [-0.2, 0) is 16.4 Å². The number of carbonyl (C=O) groups excluding carboxylic acids is 1. The van der Waals surface area contributed by atoms with Gasteiger partial charge in [-0.1, -0.05) is 38.1 Å². The summed E-state index contributed by atoms with van der Waals surface area (Å²) in [7, 11) is -3.74. The number of anilines is 1. The average Bonchev–Trinajstić information content (AvgIpc) is 3.58. The number of carbonyl (C=O) groups is 1. The highest BCUT2D eigenvalue weighted by molar-refractivity contribution is 7.92. The van der Waals surface area contributed by atoms with Gasteiger partial charge in [-0.15, -0.1) is 0 Å². The minimum Gasteiger partial charge on any atom is -0.333 e. The second-order valence-corrected chi connectivity index (χ2v) is 10.6. The number of aryl methyl sites for hydroxylation is 1. The summed E-state index contributed by atoms with van der Waals surface area (Å²) in [6, 6.07) is 14.6. The Morgan fingerprint density at radius 1 is 1.07 bits per heavy atom. The summed E-state index contributed by atoms with van der Waals surface area (Å²) in [5.41, 5.74) is 2.24. The van der Waals surface area contributed by atoms with Crippen LogP contribution in [-0.4, -0.2) is 37.9 Å². The minimum atomic E-state index is -3.74. The van der Waals surface area contributed by atoms with Crippen LogP contribution in [0.2, 0.25) is 0 Å². The molecule has 1 aliphatic heterocycles. The first kappa shape index (κ1) is 20.9. The molecule has 0 saturated heterocycles. The quantitative estimate of drug-likeness (QED) is 0.684. The Kier molecular flexibility index (Phi) is 5.62. The van der Waals surface area contributed by atoms with E-state index >= 15 is 0 Å². The molecule has 6 heteroatoms. The van der Waals surface area contributed by atoms with E-state index in [4.69, 9.17) is 0 Å². The Hall–Kier alpha value is -2.34. The lowest BCUT2D eigenvalue weighted by atomic mass is 10.0. The van der Waals surface area contributed by atoms with Gasteiger partial charge in [0.1, 0.15) is 0 Å². The molecule has 2 aromatic carbocycles. The number of rotatable bonds is 6. The molecular weight excluding hydrogens is 396 g/mol. The van der Waals surface area contributed by atoms with E-state index in [0.29, 0.717) is 18.0 Å². The summed E-state index contributed by atoms with van der Waals surface area (Å²) in [6.45, 7) is 6.76. The SMILES string of the molecule is CC(C)C(C)N(C(=O)c1cccc(S(=O)(=O)N2CCCc3ccccc32)c1)C1CC1. The molecule has 5 nitrogen and oxygen atoms in total. The molecule has 30 heavy (non-hydrogen) atoms. The molecule has 160 valence electrons. The molecule has 0 spiro atoms. The number of amides is 1. The van der Waals surface area contributed by atoms with E-state index in [1.54, 1.807) is 24.3 Å². The predicted octanol–water partition coefficient (Wildman–Crippen LogP) is 4.48. The molecule has 1 saturated carbocycles. The molecule has 2 aliphatic rings. The summed E-state index contributed by atoms with van der Waals surface area (Å²) in [4.78, 5) is 15.5. The first-order valence-electron chi connectivity index (χ1n) is 10.8. The minimum absolute atomic E-state index is 0.0743. The fourth-order valence-electron chi connectivity index (χ4n) is 4.17. The summed E-state index contributed by atoms with van der Waals surface area (Å²) in [5.74, 6) is 0.265. The Bertz CT molecular complexity index is 1040. The predicted molar refractivity (Wildman–Crippen MR) is 119 cm³/mol. The number of nitrogens with zero attached hydrogens (tertiary/aromatic N) is 2. The van der Waals surface area contributed by atoms with Gasteiger partial charge in [-0.25, -0.2) is 8.42 Å². The normalized spacial score (nSPS) is 17.5. The highest BCUT2D eigenvalue weighted by atomic mass is 32.2. The molecule has 1 fully saturated rings. The number of sulfonamides is 1. The molecule has 1 aliphatic carbocycles. The number of hydrogen-bond donors (Lipinski definition) is 0. The van der Waals surface area contributed by atoms with Crippen molar-refractivity contribution in [3.63, 3.8) is 0 Å². The summed E-state index contributed by atoms with van der Waals surface area (Å²) >= 11 is 0. The summed E-state index contributed by atoms with van der Waals surface area (Å²) in [5, 5.41) is 0. The van der Waals surface area contributed by atoms with Gasteiger partial charge in [0.25, 0.3) is 15.9 Å². The third kappa shape index (κ3) is 3.85. The van der Waals surface area contributed by atoms with Crippen LogP contribution in [0.4, 0.5) is 5.69 Å². The van der Waals surface area contributed by atoms with Crippen molar-refractivity contribution in [1.82, 2.24) is 4.90 Å². The van der Waals surface area contributed by atoms with E-state index in [1.165, 1.54) is 4.31 Å². The zero-order valence-corrected chi connectivity index (χ0v) is 18.7. The van der Waals surface area contributed by atoms with Crippen LogP contribution in [0.3, 0.4) is 0 Å². The van der Waals surface area contributed by atoms with Gasteiger partial charge >= 0.3 is 0 Å². The molecule has 1 unspecified atom stereocenters. The maximum atomic E-state index is 13.5. The zero-order valence-electron chi connectivity index (χ0n) is 17.9. The van der Waals surface area contributed by atoms with Crippen LogP contribution in [0, 0.1) is 5.92 Å². The van der Waals surface area contributed by atoms with Gasteiger partial charge in [-0.05, 0) is 68.4 Å². The van der Waals surface area contributed by atoms with Crippen LogP contribution in [0.1, 0.15) is 56.0 Å². The smallest absolute Gasteiger partial charge is 0.264 e. The van der Waals surface area contributed by atoms with Gasteiger partial charge in [-0.2, -0.15) is 0 Å². The first-order chi connectivity index (χ1) is 14.3. The Morgan fingerprint density at radius 3 is 2.50 bits per heavy atom. The van der Waals surface area contributed by atoms with Gasteiger partial charge in [0.15, 0.2) is 0 Å². The number of fused-ring (bicyclic) bond motifs is 1. The van der Waals surface area contributed by atoms with Crippen molar-refractivity contribution in [2.45, 2.75) is 63.4 Å². The lowest BCUT2D eigenvalue weighted by Crippen LogP contribution is -2.43. The van der Waals surface area contributed by atoms with Gasteiger partial charge in [0, 0.05) is 24.2 Å². The highest BCUT2D eigenvalue weighted by Crippen LogP contribution is 2.34. The van der Waals surface area contributed by atoms with Crippen LogP contribution in [0.5, 0.6) is 0 Å². The van der Waals surface area contributed by atoms with Crippen molar-refractivity contribution in [3.8, 4) is 0 Å². The van der Waals surface area contributed by atoms with Gasteiger partial charge in [0.2, 0.25) is 0 Å². The number of benzene rings is 2. The van der Waals surface area contributed by atoms with Gasteiger partial charge in [0.05, 0.1) is 10.6 Å². The van der Waals surface area contributed by atoms with Crippen molar-refractivity contribution in [2.75, 3.05) is 10.8 Å². The third-order valence-corrected chi connectivity index (χ3v) is 8.12. The second kappa shape index (κ2) is 8.06. The summed E-state index contributed by atoms with van der Waals surface area (Å²) < 4.78 is 28.5. The lowest BCUT2D eigenvalue weighted by Gasteiger charge is -2.32. The van der Waals surface area contributed by atoms with Crippen molar-refractivity contribution in [3.05, 3.63) is 59.7 Å². The van der Waals surface area contributed by atoms with E-state index in [0.717, 1.165) is 36.9 Å².